The minimum Gasteiger partial charge on any atom is -0.468 e. The second kappa shape index (κ2) is 10.7. The molecule has 39 heavy (non-hydrogen) atoms. The maximum Gasteiger partial charge on any atom is 0.416 e. The Bertz CT molecular complexity index is 1520. The number of benzene rings is 2. The van der Waals surface area contributed by atoms with Gasteiger partial charge in [-0.15, -0.1) is 0 Å². The van der Waals surface area contributed by atoms with Gasteiger partial charge in [-0.05, 0) is 61.9 Å². The summed E-state index contributed by atoms with van der Waals surface area (Å²) in [4.78, 5) is 35.3. The zero-order chi connectivity index (χ0) is 27.6. The second-order valence-corrected chi connectivity index (χ2v) is 9.02. The maximum absolute atomic E-state index is 13.0. The topological polar surface area (TPSA) is 98.6 Å². The first-order chi connectivity index (χ1) is 18.7. The molecule has 0 bridgehead atoms. The molecule has 0 spiro atoms. The second-order valence-electron chi connectivity index (χ2n) is 9.02. The first kappa shape index (κ1) is 26.2. The number of carbonyl (C=O) groups excluding carboxylic acids is 2. The largest absolute Gasteiger partial charge is 0.468 e. The van der Waals surface area contributed by atoms with Gasteiger partial charge in [-0.3, -0.25) is 14.3 Å². The van der Waals surface area contributed by atoms with E-state index in [1.54, 1.807) is 30.3 Å². The van der Waals surface area contributed by atoms with Gasteiger partial charge in [0.25, 0.3) is 0 Å². The van der Waals surface area contributed by atoms with Gasteiger partial charge in [-0.1, -0.05) is 6.07 Å². The third-order valence-electron chi connectivity index (χ3n) is 6.44. The van der Waals surface area contributed by atoms with E-state index in [0.29, 0.717) is 34.8 Å². The SMILES string of the molecule is COC(=O)[C@@H]1CCCN1Cc1cc(Oc2ccc3c(ccn3C(=O)Nc3cccc(C(F)(F)F)c3)c2)ncn1. The van der Waals surface area contributed by atoms with Crippen molar-refractivity contribution >= 4 is 28.6 Å². The van der Waals surface area contributed by atoms with Crippen LogP contribution in [0.2, 0.25) is 0 Å². The Morgan fingerprint density at radius 3 is 2.74 bits per heavy atom. The molecular formula is C27H24F3N5O4. The number of hydrogen-bond donors (Lipinski definition) is 1. The van der Waals surface area contributed by atoms with Crippen molar-refractivity contribution in [1.29, 1.82) is 0 Å². The summed E-state index contributed by atoms with van der Waals surface area (Å²) in [5.74, 6) is 0.522. The fourth-order valence-electron chi connectivity index (χ4n) is 4.58. The highest BCUT2D eigenvalue weighted by Gasteiger charge is 2.32. The first-order valence-corrected chi connectivity index (χ1v) is 12.1. The van der Waals surface area contributed by atoms with Crippen molar-refractivity contribution in [2.75, 3.05) is 19.0 Å². The molecule has 1 amide bonds. The van der Waals surface area contributed by atoms with Gasteiger partial charge in [-0.25, -0.2) is 14.8 Å². The van der Waals surface area contributed by atoms with Gasteiger partial charge < -0.3 is 14.8 Å². The number of aromatic nitrogens is 3. The van der Waals surface area contributed by atoms with Gasteiger partial charge in [0.1, 0.15) is 18.1 Å². The van der Waals surface area contributed by atoms with E-state index in [0.717, 1.165) is 31.5 Å². The molecule has 1 fully saturated rings. The molecule has 0 radical (unpaired) electrons. The monoisotopic (exact) mass is 539 g/mol. The van der Waals surface area contributed by atoms with Gasteiger partial charge in [-0.2, -0.15) is 13.2 Å². The number of carbonyl (C=O) groups is 2. The van der Waals surface area contributed by atoms with Crippen LogP contribution in [-0.4, -0.2) is 51.1 Å². The number of nitrogens with zero attached hydrogens (tertiary/aromatic N) is 4. The van der Waals surface area contributed by atoms with Crippen molar-refractivity contribution in [3.8, 4) is 11.6 Å². The lowest BCUT2D eigenvalue weighted by molar-refractivity contribution is -0.146. The van der Waals surface area contributed by atoms with Crippen molar-refractivity contribution in [2.45, 2.75) is 31.6 Å². The number of alkyl halides is 3. The van der Waals surface area contributed by atoms with Crippen molar-refractivity contribution < 1.29 is 32.2 Å². The zero-order valence-corrected chi connectivity index (χ0v) is 20.8. The molecule has 1 aliphatic rings. The average Bonchev–Trinajstić information content (AvgIpc) is 3.55. The molecule has 1 aliphatic heterocycles. The van der Waals surface area contributed by atoms with Crippen LogP contribution in [0.15, 0.2) is 67.1 Å². The minimum absolute atomic E-state index is 0.0306. The highest BCUT2D eigenvalue weighted by atomic mass is 19.4. The Morgan fingerprint density at radius 1 is 1.10 bits per heavy atom. The van der Waals surface area contributed by atoms with Crippen molar-refractivity contribution in [3.63, 3.8) is 0 Å². The molecular weight excluding hydrogens is 515 g/mol. The lowest BCUT2D eigenvalue weighted by atomic mass is 10.2. The molecule has 9 nitrogen and oxygen atoms in total. The Kier molecular flexibility index (Phi) is 7.20. The number of methoxy groups -OCH3 is 1. The third-order valence-corrected chi connectivity index (χ3v) is 6.44. The van der Waals surface area contributed by atoms with Crippen LogP contribution in [0.5, 0.6) is 11.6 Å². The molecule has 1 N–H and O–H groups in total. The third kappa shape index (κ3) is 5.85. The number of nitrogens with one attached hydrogen (secondary N) is 1. The average molecular weight is 540 g/mol. The van der Waals surface area contributed by atoms with Crippen LogP contribution in [-0.2, 0) is 22.3 Å². The number of ether oxygens (including phenoxy) is 2. The molecule has 0 saturated carbocycles. The highest BCUT2D eigenvalue weighted by Crippen LogP contribution is 2.31. The van der Waals surface area contributed by atoms with Gasteiger partial charge in [0, 0.05) is 29.9 Å². The Morgan fingerprint density at radius 2 is 1.95 bits per heavy atom. The fraction of sp³-hybridized carbons (Fsp3) is 0.259. The van der Waals surface area contributed by atoms with E-state index in [4.69, 9.17) is 9.47 Å². The van der Waals surface area contributed by atoms with Crippen molar-refractivity contribution in [1.82, 2.24) is 19.4 Å². The highest BCUT2D eigenvalue weighted by molar-refractivity contribution is 5.98. The number of rotatable bonds is 6. The predicted octanol–water partition coefficient (Wildman–Crippen LogP) is 5.46. The zero-order valence-electron chi connectivity index (χ0n) is 20.8. The molecule has 2 aromatic carbocycles. The molecule has 0 aliphatic carbocycles. The smallest absolute Gasteiger partial charge is 0.416 e. The number of anilines is 1. The quantitative estimate of drug-likeness (QED) is 0.325. The minimum atomic E-state index is -4.51. The lowest BCUT2D eigenvalue weighted by Crippen LogP contribution is -2.36. The van der Waals surface area contributed by atoms with Crippen LogP contribution in [0.3, 0.4) is 0 Å². The molecule has 202 valence electrons. The predicted molar refractivity (Wildman–Crippen MR) is 135 cm³/mol. The van der Waals surface area contributed by atoms with E-state index in [2.05, 4.69) is 15.3 Å². The number of hydrogen-bond acceptors (Lipinski definition) is 7. The van der Waals surface area contributed by atoms with Crippen molar-refractivity contribution in [3.05, 3.63) is 78.4 Å². The fourth-order valence-corrected chi connectivity index (χ4v) is 4.58. The van der Waals surface area contributed by atoms with Gasteiger partial charge >= 0.3 is 18.2 Å². The summed E-state index contributed by atoms with van der Waals surface area (Å²) in [5, 5.41) is 3.18. The number of fused-ring (bicyclic) bond motifs is 1. The molecule has 5 rings (SSSR count). The molecule has 1 saturated heterocycles. The summed E-state index contributed by atoms with van der Waals surface area (Å²) in [5.41, 5.74) is 0.409. The summed E-state index contributed by atoms with van der Waals surface area (Å²) >= 11 is 0. The van der Waals surface area contributed by atoms with Crippen LogP contribution in [0.25, 0.3) is 10.9 Å². The van der Waals surface area contributed by atoms with Gasteiger partial charge in [0.05, 0.1) is 23.9 Å². The van der Waals surface area contributed by atoms with E-state index < -0.39 is 17.8 Å². The molecule has 3 heterocycles. The van der Waals surface area contributed by atoms with E-state index in [-0.39, 0.29) is 17.7 Å². The summed E-state index contributed by atoms with van der Waals surface area (Å²) in [6.45, 7) is 1.20. The normalized spacial score (nSPS) is 15.8. The van der Waals surface area contributed by atoms with Crippen LogP contribution >= 0.6 is 0 Å². The molecule has 12 heteroatoms. The number of esters is 1. The van der Waals surface area contributed by atoms with E-state index in [9.17, 15) is 22.8 Å². The molecule has 2 aromatic heterocycles. The summed E-state index contributed by atoms with van der Waals surface area (Å²) in [6, 6.07) is 12.0. The van der Waals surface area contributed by atoms with E-state index in [1.807, 2.05) is 4.90 Å². The van der Waals surface area contributed by atoms with Gasteiger partial charge in [0.2, 0.25) is 5.88 Å². The number of likely N-dealkylation sites (tertiary alicyclic amines) is 1. The molecule has 0 unspecified atom stereocenters. The van der Waals surface area contributed by atoms with Crippen LogP contribution in [0.4, 0.5) is 23.7 Å². The Labute approximate surface area is 221 Å². The van der Waals surface area contributed by atoms with Crippen LogP contribution in [0, 0.1) is 0 Å². The van der Waals surface area contributed by atoms with E-state index in [1.165, 1.54) is 36.3 Å². The number of halogens is 3. The molecule has 4 aromatic rings. The van der Waals surface area contributed by atoms with E-state index >= 15 is 0 Å². The summed E-state index contributed by atoms with van der Waals surface area (Å²) in [6.07, 6.45) is 0.0287. The Balaban J connectivity index is 1.28. The maximum atomic E-state index is 13.0. The van der Waals surface area contributed by atoms with Crippen LogP contribution < -0.4 is 10.1 Å². The van der Waals surface area contributed by atoms with Crippen LogP contribution in [0.1, 0.15) is 24.1 Å². The summed E-state index contributed by atoms with van der Waals surface area (Å²) in [7, 11) is 1.38. The standard InChI is InChI=1S/C27H24F3N5O4/c1-38-25(36)23-6-3-10-34(23)15-20-14-24(32-16-31-20)39-21-7-8-22-17(12-21)9-11-35(22)26(37)33-19-5-2-4-18(13-19)27(28,29)30/h2,4-5,7-9,11-14,16,23H,3,6,10,15H2,1H3,(H,33,37)/t23-/m0/s1. The van der Waals surface area contributed by atoms with Crippen molar-refractivity contribution in [2.24, 2.45) is 0 Å². The first-order valence-electron chi connectivity index (χ1n) is 12.1. The Hall–Kier alpha value is -4.45. The number of amides is 1. The van der Waals surface area contributed by atoms with Gasteiger partial charge in [0.15, 0.2) is 0 Å². The lowest BCUT2D eigenvalue weighted by Gasteiger charge is -2.21. The summed E-state index contributed by atoms with van der Waals surface area (Å²) < 4.78 is 51.1. The molecule has 1 atom stereocenters.